The summed E-state index contributed by atoms with van der Waals surface area (Å²) in [5, 5.41) is 13.1. The van der Waals surface area contributed by atoms with Crippen LogP contribution < -0.4 is 10.0 Å². The fourth-order valence-corrected chi connectivity index (χ4v) is 2.45. The van der Waals surface area contributed by atoms with Crippen molar-refractivity contribution in [3.63, 3.8) is 0 Å². The zero-order valence-electron chi connectivity index (χ0n) is 11.4. The van der Waals surface area contributed by atoms with Crippen molar-refractivity contribution < 1.29 is 9.90 Å². The number of rotatable bonds is 5. The van der Waals surface area contributed by atoms with Gasteiger partial charge in [-0.05, 0) is 48.3 Å². The smallest absolute Gasteiger partial charge is 0.224 e. The SMILES string of the molecule is CCC(=O)Nc1cc(SNc2cccc(Cl)c2)ccc1O. The van der Waals surface area contributed by atoms with Gasteiger partial charge in [-0.15, -0.1) is 0 Å². The van der Waals surface area contributed by atoms with Crippen molar-refractivity contribution in [3.8, 4) is 5.75 Å². The second-order valence-electron chi connectivity index (χ2n) is 4.30. The molecule has 6 heteroatoms. The van der Waals surface area contributed by atoms with Crippen molar-refractivity contribution in [2.24, 2.45) is 0 Å². The van der Waals surface area contributed by atoms with E-state index in [0.717, 1.165) is 10.6 Å². The summed E-state index contributed by atoms with van der Waals surface area (Å²) >= 11 is 7.28. The van der Waals surface area contributed by atoms with E-state index >= 15 is 0 Å². The number of anilines is 2. The molecule has 0 aliphatic carbocycles. The van der Waals surface area contributed by atoms with Gasteiger partial charge in [0.1, 0.15) is 5.75 Å². The predicted octanol–water partition coefficient (Wildman–Crippen LogP) is 4.51. The number of halogens is 1. The number of carbonyl (C=O) groups excluding carboxylic acids is 1. The van der Waals surface area contributed by atoms with E-state index in [0.29, 0.717) is 17.1 Å². The van der Waals surface area contributed by atoms with Crippen molar-refractivity contribution in [1.29, 1.82) is 0 Å². The van der Waals surface area contributed by atoms with Crippen LogP contribution in [0.1, 0.15) is 13.3 Å². The summed E-state index contributed by atoms with van der Waals surface area (Å²) < 4.78 is 3.15. The molecule has 0 aliphatic rings. The summed E-state index contributed by atoms with van der Waals surface area (Å²) in [6.07, 6.45) is 0.359. The lowest BCUT2D eigenvalue weighted by molar-refractivity contribution is -0.115. The topological polar surface area (TPSA) is 61.4 Å². The molecule has 0 atom stereocenters. The molecule has 0 bridgehead atoms. The minimum absolute atomic E-state index is 0.0453. The highest BCUT2D eigenvalue weighted by Crippen LogP contribution is 2.30. The van der Waals surface area contributed by atoms with Gasteiger partial charge >= 0.3 is 0 Å². The van der Waals surface area contributed by atoms with Crippen molar-refractivity contribution in [1.82, 2.24) is 0 Å². The molecule has 0 heterocycles. The Morgan fingerprint density at radius 3 is 2.81 bits per heavy atom. The summed E-state index contributed by atoms with van der Waals surface area (Å²) in [5.41, 5.74) is 1.28. The molecule has 2 rings (SSSR count). The Morgan fingerprint density at radius 1 is 1.29 bits per heavy atom. The van der Waals surface area contributed by atoms with Crippen LogP contribution in [-0.4, -0.2) is 11.0 Å². The molecule has 2 aromatic rings. The summed E-state index contributed by atoms with van der Waals surface area (Å²) in [4.78, 5) is 12.3. The molecule has 0 aromatic heterocycles. The average molecular weight is 323 g/mol. The van der Waals surface area contributed by atoms with Crippen LogP contribution in [0, 0.1) is 0 Å². The Kier molecular flexibility index (Phi) is 5.36. The summed E-state index contributed by atoms with van der Waals surface area (Å²) in [6, 6.07) is 12.4. The van der Waals surface area contributed by atoms with Crippen LogP contribution in [0.25, 0.3) is 0 Å². The third-order valence-electron chi connectivity index (χ3n) is 2.67. The molecule has 21 heavy (non-hydrogen) atoms. The highest BCUT2D eigenvalue weighted by atomic mass is 35.5. The van der Waals surface area contributed by atoms with E-state index < -0.39 is 0 Å². The molecule has 0 saturated heterocycles. The molecule has 0 spiro atoms. The Morgan fingerprint density at radius 2 is 2.10 bits per heavy atom. The molecule has 3 N–H and O–H groups in total. The zero-order valence-corrected chi connectivity index (χ0v) is 13.0. The Balaban J connectivity index is 2.06. The fourth-order valence-electron chi connectivity index (χ4n) is 1.59. The number of hydrogen-bond acceptors (Lipinski definition) is 4. The lowest BCUT2D eigenvalue weighted by Gasteiger charge is -2.10. The number of nitrogens with one attached hydrogen (secondary N) is 2. The number of hydrogen-bond donors (Lipinski definition) is 3. The maximum Gasteiger partial charge on any atom is 0.224 e. The second kappa shape index (κ2) is 7.24. The maximum absolute atomic E-state index is 11.4. The quantitative estimate of drug-likeness (QED) is 0.559. The van der Waals surface area contributed by atoms with E-state index in [1.165, 1.54) is 11.9 Å². The van der Waals surface area contributed by atoms with Gasteiger partial charge in [-0.3, -0.25) is 4.79 Å². The Hall–Kier alpha value is -1.85. The fraction of sp³-hybridized carbons (Fsp3) is 0.133. The lowest BCUT2D eigenvalue weighted by Crippen LogP contribution is -2.09. The average Bonchev–Trinajstić information content (AvgIpc) is 2.48. The van der Waals surface area contributed by atoms with Crippen LogP contribution in [-0.2, 0) is 4.79 Å². The normalized spacial score (nSPS) is 10.2. The first kappa shape index (κ1) is 15.5. The minimum atomic E-state index is -0.143. The monoisotopic (exact) mass is 322 g/mol. The first-order chi connectivity index (χ1) is 10.1. The third-order valence-corrected chi connectivity index (χ3v) is 3.74. The van der Waals surface area contributed by atoms with E-state index in [2.05, 4.69) is 10.0 Å². The van der Waals surface area contributed by atoms with Gasteiger partial charge in [-0.1, -0.05) is 24.6 Å². The van der Waals surface area contributed by atoms with Gasteiger partial charge in [0.2, 0.25) is 5.91 Å². The van der Waals surface area contributed by atoms with Crippen LogP contribution in [0.3, 0.4) is 0 Å². The van der Waals surface area contributed by atoms with Crippen molar-refractivity contribution in [2.75, 3.05) is 10.0 Å². The van der Waals surface area contributed by atoms with Gasteiger partial charge in [-0.25, -0.2) is 0 Å². The standard InChI is InChI=1S/C15H15ClN2O2S/c1-2-15(20)17-13-9-12(6-7-14(13)19)21-18-11-5-3-4-10(16)8-11/h3-9,18-19H,2H2,1H3,(H,17,20). The van der Waals surface area contributed by atoms with Crippen LogP contribution in [0.5, 0.6) is 5.75 Å². The van der Waals surface area contributed by atoms with Crippen molar-refractivity contribution in [2.45, 2.75) is 18.2 Å². The summed E-state index contributed by atoms with van der Waals surface area (Å²) in [7, 11) is 0. The van der Waals surface area contributed by atoms with E-state index in [1.54, 1.807) is 31.2 Å². The molecule has 0 saturated carbocycles. The van der Waals surface area contributed by atoms with E-state index in [9.17, 15) is 9.90 Å². The van der Waals surface area contributed by atoms with E-state index in [1.807, 2.05) is 18.2 Å². The highest BCUT2D eigenvalue weighted by molar-refractivity contribution is 8.00. The van der Waals surface area contributed by atoms with Gasteiger partial charge in [0, 0.05) is 22.0 Å². The molecule has 2 aromatic carbocycles. The van der Waals surface area contributed by atoms with Crippen LogP contribution in [0.15, 0.2) is 47.4 Å². The van der Waals surface area contributed by atoms with E-state index in [-0.39, 0.29) is 11.7 Å². The first-order valence-corrected chi connectivity index (χ1v) is 7.59. The molecule has 0 unspecified atom stereocenters. The van der Waals surface area contributed by atoms with Gasteiger partial charge in [-0.2, -0.15) is 0 Å². The summed E-state index contributed by atoms with van der Waals surface area (Å²) in [5.74, 6) is -0.0980. The second-order valence-corrected chi connectivity index (χ2v) is 5.61. The Bertz CT molecular complexity index is 649. The molecular weight excluding hydrogens is 308 g/mol. The molecule has 0 fully saturated rings. The number of aromatic hydroxyl groups is 1. The van der Waals surface area contributed by atoms with Gasteiger partial charge in [0.05, 0.1) is 5.69 Å². The van der Waals surface area contributed by atoms with Gasteiger partial charge < -0.3 is 15.1 Å². The Labute approximate surface area is 132 Å². The zero-order chi connectivity index (χ0) is 15.2. The van der Waals surface area contributed by atoms with Crippen LogP contribution >= 0.6 is 23.5 Å². The molecule has 0 radical (unpaired) electrons. The van der Waals surface area contributed by atoms with E-state index in [4.69, 9.17) is 11.6 Å². The molecule has 4 nitrogen and oxygen atoms in total. The number of benzene rings is 2. The third kappa shape index (κ3) is 4.58. The van der Waals surface area contributed by atoms with Crippen LogP contribution in [0.4, 0.5) is 11.4 Å². The van der Waals surface area contributed by atoms with Gasteiger partial charge in [0.25, 0.3) is 0 Å². The van der Waals surface area contributed by atoms with Crippen molar-refractivity contribution >= 4 is 40.8 Å². The number of carbonyl (C=O) groups is 1. The summed E-state index contributed by atoms with van der Waals surface area (Å²) in [6.45, 7) is 1.76. The lowest BCUT2D eigenvalue weighted by atomic mass is 10.3. The minimum Gasteiger partial charge on any atom is -0.506 e. The first-order valence-electron chi connectivity index (χ1n) is 6.40. The number of amides is 1. The van der Waals surface area contributed by atoms with Crippen molar-refractivity contribution in [3.05, 3.63) is 47.5 Å². The highest BCUT2D eigenvalue weighted by Gasteiger charge is 2.06. The predicted molar refractivity (Wildman–Crippen MR) is 88.0 cm³/mol. The molecular formula is C15H15ClN2O2S. The molecule has 0 aliphatic heterocycles. The number of phenols is 1. The maximum atomic E-state index is 11.4. The van der Waals surface area contributed by atoms with Crippen LogP contribution in [0.2, 0.25) is 5.02 Å². The van der Waals surface area contributed by atoms with Gasteiger partial charge in [0.15, 0.2) is 0 Å². The molecule has 110 valence electrons. The number of phenolic OH excluding ortho intramolecular Hbond substituents is 1. The largest absolute Gasteiger partial charge is 0.506 e. The molecule has 1 amide bonds.